The summed E-state index contributed by atoms with van der Waals surface area (Å²) >= 11 is 6.36. The number of imide groups is 1. The molecule has 3 aromatic rings. The largest absolute Gasteiger partial charge is 0.363 e. The minimum Gasteiger partial charge on any atom is -0.363 e. The second-order valence-electron chi connectivity index (χ2n) is 7.65. The van der Waals surface area contributed by atoms with E-state index in [0.717, 1.165) is 11.4 Å². The maximum atomic E-state index is 13.6. The Morgan fingerprint density at radius 2 is 1.38 bits per heavy atom. The maximum absolute atomic E-state index is 13.6. The summed E-state index contributed by atoms with van der Waals surface area (Å²) in [5.41, 5.74) is 1.98. The van der Waals surface area contributed by atoms with E-state index in [2.05, 4.69) is 9.88 Å². The SMILES string of the molecule is O=C1C(c2ccccc2)=C(N2CCN(c3ccccn3)CC2)C(=O)N1c1ccccc1Cl. The van der Waals surface area contributed by atoms with E-state index < -0.39 is 0 Å². The van der Waals surface area contributed by atoms with Gasteiger partial charge < -0.3 is 9.80 Å². The molecule has 0 radical (unpaired) electrons. The van der Waals surface area contributed by atoms with Crippen LogP contribution in [-0.4, -0.2) is 47.9 Å². The number of nitrogens with zero attached hydrogens (tertiary/aromatic N) is 4. The highest BCUT2D eigenvalue weighted by molar-refractivity contribution is 6.47. The summed E-state index contributed by atoms with van der Waals surface area (Å²) in [5, 5.41) is 0.364. The summed E-state index contributed by atoms with van der Waals surface area (Å²) < 4.78 is 0. The lowest BCUT2D eigenvalue weighted by Gasteiger charge is -2.37. The smallest absolute Gasteiger partial charge is 0.282 e. The molecule has 5 rings (SSSR count). The molecule has 2 amide bonds. The number of carbonyl (C=O) groups is 2. The molecule has 1 aromatic heterocycles. The number of hydrogen-bond donors (Lipinski definition) is 0. The fourth-order valence-electron chi connectivity index (χ4n) is 4.23. The monoisotopic (exact) mass is 444 g/mol. The molecule has 2 aliphatic heterocycles. The van der Waals surface area contributed by atoms with Crippen LogP contribution in [0.15, 0.2) is 84.7 Å². The minimum absolute atomic E-state index is 0.340. The van der Waals surface area contributed by atoms with Crippen molar-refractivity contribution in [3.05, 3.63) is 95.3 Å². The first-order valence-corrected chi connectivity index (χ1v) is 10.9. The molecule has 0 saturated carbocycles. The fraction of sp³-hybridized carbons (Fsp3) is 0.160. The number of carbonyl (C=O) groups excluding carboxylic acids is 2. The summed E-state index contributed by atoms with van der Waals surface area (Å²) in [6, 6.07) is 22.1. The van der Waals surface area contributed by atoms with E-state index >= 15 is 0 Å². The number of piperazine rings is 1. The Balaban J connectivity index is 1.50. The molecule has 0 unspecified atom stereocenters. The van der Waals surface area contributed by atoms with Crippen LogP contribution in [0.4, 0.5) is 11.5 Å². The van der Waals surface area contributed by atoms with Crippen LogP contribution in [0.3, 0.4) is 0 Å². The average Bonchev–Trinajstić information content (AvgIpc) is 3.10. The molecule has 1 fully saturated rings. The third kappa shape index (κ3) is 3.52. The van der Waals surface area contributed by atoms with E-state index in [4.69, 9.17) is 11.6 Å². The van der Waals surface area contributed by atoms with Crippen molar-refractivity contribution in [2.75, 3.05) is 36.0 Å². The van der Waals surface area contributed by atoms with Crippen molar-refractivity contribution >= 4 is 40.5 Å². The molecule has 2 aliphatic rings. The van der Waals surface area contributed by atoms with Gasteiger partial charge in [-0.2, -0.15) is 0 Å². The predicted octanol–water partition coefficient (Wildman–Crippen LogP) is 3.84. The van der Waals surface area contributed by atoms with Crippen LogP contribution in [0.2, 0.25) is 5.02 Å². The highest BCUT2D eigenvalue weighted by Crippen LogP contribution is 2.37. The molecule has 7 heteroatoms. The van der Waals surface area contributed by atoms with Crippen LogP contribution in [0.25, 0.3) is 5.57 Å². The van der Waals surface area contributed by atoms with Gasteiger partial charge in [-0.3, -0.25) is 9.59 Å². The van der Waals surface area contributed by atoms with Crippen molar-refractivity contribution in [3.8, 4) is 0 Å². The molecule has 2 aromatic carbocycles. The molecule has 0 N–H and O–H groups in total. The minimum atomic E-state index is -0.351. The number of anilines is 2. The number of aromatic nitrogens is 1. The Labute approximate surface area is 191 Å². The Kier molecular flexibility index (Phi) is 5.37. The molecule has 0 spiro atoms. The van der Waals surface area contributed by atoms with E-state index in [0.29, 0.717) is 48.2 Å². The molecule has 0 atom stereocenters. The zero-order chi connectivity index (χ0) is 22.1. The highest BCUT2D eigenvalue weighted by atomic mass is 35.5. The summed E-state index contributed by atoms with van der Waals surface area (Å²) in [6.45, 7) is 2.63. The van der Waals surface area contributed by atoms with E-state index in [9.17, 15) is 9.59 Å². The van der Waals surface area contributed by atoms with Crippen molar-refractivity contribution in [1.82, 2.24) is 9.88 Å². The molecule has 0 aliphatic carbocycles. The molecule has 1 saturated heterocycles. The Bertz CT molecular complexity index is 1190. The molecular formula is C25H21ClN4O2. The van der Waals surface area contributed by atoms with E-state index in [1.165, 1.54) is 4.90 Å². The van der Waals surface area contributed by atoms with E-state index in [-0.39, 0.29) is 11.8 Å². The van der Waals surface area contributed by atoms with E-state index in [1.807, 2.05) is 53.4 Å². The number of rotatable bonds is 4. The number of para-hydroxylation sites is 1. The Hall–Kier alpha value is -3.64. The molecule has 3 heterocycles. The Morgan fingerprint density at radius 1 is 0.719 bits per heavy atom. The lowest BCUT2D eigenvalue weighted by atomic mass is 10.0. The van der Waals surface area contributed by atoms with Gasteiger partial charge in [0.1, 0.15) is 11.5 Å². The number of benzene rings is 2. The average molecular weight is 445 g/mol. The third-order valence-corrected chi connectivity index (χ3v) is 6.10. The highest BCUT2D eigenvalue weighted by Gasteiger charge is 2.43. The lowest BCUT2D eigenvalue weighted by molar-refractivity contribution is -0.120. The first-order valence-electron chi connectivity index (χ1n) is 10.5. The normalized spacial score (nSPS) is 16.8. The van der Waals surface area contributed by atoms with Crippen LogP contribution in [0.5, 0.6) is 0 Å². The van der Waals surface area contributed by atoms with Crippen molar-refractivity contribution < 1.29 is 9.59 Å². The van der Waals surface area contributed by atoms with Crippen LogP contribution in [-0.2, 0) is 9.59 Å². The lowest BCUT2D eigenvalue weighted by Crippen LogP contribution is -2.48. The van der Waals surface area contributed by atoms with Gasteiger partial charge in [0.25, 0.3) is 11.8 Å². The third-order valence-electron chi connectivity index (χ3n) is 5.78. The van der Waals surface area contributed by atoms with Gasteiger partial charge in [0, 0.05) is 32.4 Å². The summed E-state index contributed by atoms with van der Waals surface area (Å²) in [7, 11) is 0. The molecule has 0 bridgehead atoms. The molecule has 32 heavy (non-hydrogen) atoms. The number of pyridine rings is 1. The summed E-state index contributed by atoms with van der Waals surface area (Å²) in [5.74, 6) is 0.223. The zero-order valence-electron chi connectivity index (χ0n) is 17.3. The molecule has 160 valence electrons. The first kappa shape index (κ1) is 20.3. The van der Waals surface area contributed by atoms with Crippen LogP contribution in [0.1, 0.15) is 5.56 Å². The van der Waals surface area contributed by atoms with Gasteiger partial charge >= 0.3 is 0 Å². The number of hydrogen-bond acceptors (Lipinski definition) is 5. The summed E-state index contributed by atoms with van der Waals surface area (Å²) in [4.78, 5) is 37.0. The van der Waals surface area contributed by atoms with Gasteiger partial charge in [-0.1, -0.05) is 60.1 Å². The van der Waals surface area contributed by atoms with Crippen molar-refractivity contribution in [1.29, 1.82) is 0 Å². The zero-order valence-corrected chi connectivity index (χ0v) is 18.1. The quantitative estimate of drug-likeness (QED) is 0.572. The topological polar surface area (TPSA) is 56.8 Å². The van der Waals surface area contributed by atoms with Gasteiger partial charge in [0.2, 0.25) is 0 Å². The molecule has 6 nitrogen and oxygen atoms in total. The van der Waals surface area contributed by atoms with Gasteiger partial charge in [-0.15, -0.1) is 0 Å². The second-order valence-corrected chi connectivity index (χ2v) is 8.06. The second kappa shape index (κ2) is 8.48. The van der Waals surface area contributed by atoms with Gasteiger partial charge in [0.15, 0.2) is 0 Å². The first-order chi connectivity index (χ1) is 15.6. The van der Waals surface area contributed by atoms with Crippen molar-refractivity contribution in [2.45, 2.75) is 0 Å². The summed E-state index contributed by atoms with van der Waals surface area (Å²) in [6.07, 6.45) is 1.78. The van der Waals surface area contributed by atoms with Crippen LogP contribution >= 0.6 is 11.6 Å². The Morgan fingerprint density at radius 3 is 2.06 bits per heavy atom. The number of halogens is 1. The van der Waals surface area contributed by atoms with Crippen LogP contribution in [0, 0.1) is 0 Å². The van der Waals surface area contributed by atoms with Gasteiger partial charge in [-0.25, -0.2) is 9.88 Å². The van der Waals surface area contributed by atoms with E-state index in [1.54, 1.807) is 30.5 Å². The van der Waals surface area contributed by atoms with Crippen molar-refractivity contribution in [2.24, 2.45) is 0 Å². The molecular weight excluding hydrogens is 424 g/mol. The standard InChI is InChI=1S/C25H21ClN4O2/c26-19-10-4-5-11-20(19)30-24(31)22(18-8-2-1-3-9-18)23(25(30)32)29-16-14-28(15-17-29)21-12-6-7-13-27-21/h1-13H,14-17H2. The van der Waals surface area contributed by atoms with Gasteiger partial charge in [-0.05, 0) is 29.8 Å². The maximum Gasteiger partial charge on any atom is 0.282 e. The number of amides is 2. The van der Waals surface area contributed by atoms with Crippen LogP contribution < -0.4 is 9.80 Å². The van der Waals surface area contributed by atoms with Gasteiger partial charge in [0.05, 0.1) is 16.3 Å². The van der Waals surface area contributed by atoms with Crippen molar-refractivity contribution in [3.63, 3.8) is 0 Å². The predicted molar refractivity (Wildman–Crippen MR) is 125 cm³/mol. The fourth-order valence-corrected chi connectivity index (χ4v) is 4.45.